The van der Waals surface area contributed by atoms with E-state index in [1.165, 1.54) is 11.8 Å². The molecule has 0 spiro atoms. The lowest BCUT2D eigenvalue weighted by molar-refractivity contribution is -0.115. The Morgan fingerprint density at radius 1 is 1.00 bits per heavy atom. The predicted molar refractivity (Wildman–Crippen MR) is 110 cm³/mol. The second-order valence-electron chi connectivity index (χ2n) is 6.47. The summed E-state index contributed by atoms with van der Waals surface area (Å²) in [5.41, 5.74) is 4.43. The van der Waals surface area contributed by atoms with Crippen LogP contribution in [0.3, 0.4) is 0 Å². The van der Waals surface area contributed by atoms with Crippen molar-refractivity contribution in [2.24, 2.45) is 19.1 Å². The standard InChI is InChI=1S/C20H18N4O2S/c1-12-4-7-14(8-5-12)21-19-22-18(25)17(27-19)11-13-6-9-15-16(10-13)24(3)20(26)23(15)2/h4-11H,1-3H3,(H,21,22,25)/b17-11-. The van der Waals surface area contributed by atoms with Crippen LogP contribution in [0.1, 0.15) is 11.1 Å². The molecule has 2 heterocycles. The molecule has 2 aromatic carbocycles. The molecule has 1 saturated heterocycles. The largest absolute Gasteiger partial charge is 0.328 e. The van der Waals surface area contributed by atoms with Gasteiger partial charge in [0.15, 0.2) is 5.17 Å². The van der Waals surface area contributed by atoms with Crippen molar-refractivity contribution in [3.05, 3.63) is 69.0 Å². The fraction of sp³-hybridized carbons (Fsp3) is 0.150. The van der Waals surface area contributed by atoms with E-state index < -0.39 is 0 Å². The van der Waals surface area contributed by atoms with Crippen LogP contribution < -0.4 is 11.0 Å². The predicted octanol–water partition coefficient (Wildman–Crippen LogP) is 3.08. The van der Waals surface area contributed by atoms with Crippen LogP contribution in [0, 0.1) is 6.92 Å². The van der Waals surface area contributed by atoms with Gasteiger partial charge in [0.1, 0.15) is 0 Å². The van der Waals surface area contributed by atoms with E-state index in [0.717, 1.165) is 27.8 Å². The van der Waals surface area contributed by atoms with Crippen molar-refractivity contribution in [1.29, 1.82) is 0 Å². The van der Waals surface area contributed by atoms with Gasteiger partial charge in [0.2, 0.25) is 0 Å². The molecule has 1 aliphatic heterocycles. The molecule has 0 bridgehead atoms. The van der Waals surface area contributed by atoms with Crippen molar-refractivity contribution >= 4 is 45.6 Å². The first-order valence-electron chi connectivity index (χ1n) is 8.44. The van der Waals surface area contributed by atoms with Crippen LogP contribution in [0.4, 0.5) is 5.69 Å². The normalized spacial score (nSPS) is 17.2. The first kappa shape index (κ1) is 17.4. The van der Waals surface area contributed by atoms with E-state index in [1.54, 1.807) is 23.2 Å². The number of aryl methyl sites for hydroxylation is 3. The monoisotopic (exact) mass is 378 g/mol. The van der Waals surface area contributed by atoms with Gasteiger partial charge in [-0.05, 0) is 54.6 Å². The zero-order valence-electron chi connectivity index (χ0n) is 15.2. The van der Waals surface area contributed by atoms with Gasteiger partial charge in [-0.1, -0.05) is 23.8 Å². The maximum Gasteiger partial charge on any atom is 0.328 e. The van der Waals surface area contributed by atoms with Crippen LogP contribution in [0.15, 0.2) is 57.2 Å². The Kier molecular flexibility index (Phi) is 4.24. The summed E-state index contributed by atoms with van der Waals surface area (Å²) < 4.78 is 3.21. The Bertz CT molecular complexity index is 1180. The highest BCUT2D eigenvalue weighted by Gasteiger charge is 2.24. The number of thioether (sulfide) groups is 1. The van der Waals surface area contributed by atoms with Gasteiger partial charge in [-0.15, -0.1) is 0 Å². The molecular formula is C20H18N4O2S. The van der Waals surface area contributed by atoms with Crippen LogP contribution >= 0.6 is 11.8 Å². The third-order valence-electron chi connectivity index (χ3n) is 4.51. The van der Waals surface area contributed by atoms with Crippen molar-refractivity contribution in [1.82, 2.24) is 14.5 Å². The maximum atomic E-state index is 12.3. The molecule has 4 rings (SSSR count). The van der Waals surface area contributed by atoms with E-state index in [0.29, 0.717) is 10.1 Å². The number of nitrogens with one attached hydrogen (secondary N) is 1. The van der Waals surface area contributed by atoms with E-state index in [9.17, 15) is 9.59 Å². The van der Waals surface area contributed by atoms with Gasteiger partial charge in [-0.2, -0.15) is 0 Å². The van der Waals surface area contributed by atoms with E-state index in [2.05, 4.69) is 10.3 Å². The average Bonchev–Trinajstić information content (AvgIpc) is 3.10. The number of aliphatic imine (C=N–C) groups is 1. The van der Waals surface area contributed by atoms with E-state index in [-0.39, 0.29) is 11.6 Å². The molecule has 0 aliphatic carbocycles. The Labute approximate surface area is 160 Å². The molecule has 27 heavy (non-hydrogen) atoms. The Hall–Kier alpha value is -3.06. The number of nitrogens with zero attached hydrogens (tertiary/aromatic N) is 3. The number of rotatable bonds is 2. The molecule has 6 nitrogen and oxygen atoms in total. The second kappa shape index (κ2) is 6.59. The number of hydrogen-bond donors (Lipinski definition) is 1. The zero-order chi connectivity index (χ0) is 19.1. The van der Waals surface area contributed by atoms with Gasteiger partial charge >= 0.3 is 5.69 Å². The Balaban J connectivity index is 1.65. The molecular weight excluding hydrogens is 360 g/mol. The summed E-state index contributed by atoms with van der Waals surface area (Å²) in [7, 11) is 3.49. The molecule has 0 unspecified atom stereocenters. The molecule has 7 heteroatoms. The summed E-state index contributed by atoms with van der Waals surface area (Å²) in [5, 5.41) is 3.35. The third-order valence-corrected chi connectivity index (χ3v) is 5.42. The summed E-state index contributed by atoms with van der Waals surface area (Å²) >= 11 is 1.31. The second-order valence-corrected chi connectivity index (χ2v) is 7.50. The highest BCUT2D eigenvalue weighted by molar-refractivity contribution is 8.18. The van der Waals surface area contributed by atoms with Crippen molar-refractivity contribution in [3.8, 4) is 0 Å². The van der Waals surface area contributed by atoms with Gasteiger partial charge in [0, 0.05) is 14.1 Å². The van der Waals surface area contributed by atoms with Crippen molar-refractivity contribution in [2.45, 2.75) is 6.92 Å². The summed E-state index contributed by atoms with van der Waals surface area (Å²) in [6, 6.07) is 13.5. The topological polar surface area (TPSA) is 68.4 Å². The minimum absolute atomic E-state index is 0.0738. The number of fused-ring (bicyclic) bond motifs is 1. The number of benzene rings is 2. The first-order valence-corrected chi connectivity index (χ1v) is 9.26. The van der Waals surface area contributed by atoms with Gasteiger partial charge in [0.25, 0.3) is 5.91 Å². The summed E-state index contributed by atoms with van der Waals surface area (Å²) in [6.07, 6.45) is 1.81. The lowest BCUT2D eigenvalue weighted by atomic mass is 10.2. The molecule has 1 fully saturated rings. The smallest absolute Gasteiger partial charge is 0.300 e. The number of hydrogen-bond acceptors (Lipinski definition) is 4. The average molecular weight is 378 g/mol. The number of carbonyl (C=O) groups excluding carboxylic acids is 1. The Morgan fingerprint density at radius 3 is 2.44 bits per heavy atom. The molecule has 1 N–H and O–H groups in total. The van der Waals surface area contributed by atoms with Crippen LogP contribution in [0.5, 0.6) is 0 Å². The number of aromatic nitrogens is 2. The molecule has 136 valence electrons. The minimum Gasteiger partial charge on any atom is -0.300 e. The number of imidazole rings is 1. The van der Waals surface area contributed by atoms with E-state index in [1.807, 2.05) is 55.5 Å². The van der Waals surface area contributed by atoms with Crippen molar-refractivity contribution in [3.63, 3.8) is 0 Å². The highest BCUT2D eigenvalue weighted by atomic mass is 32.2. The Morgan fingerprint density at radius 2 is 1.70 bits per heavy atom. The molecule has 1 aromatic heterocycles. The van der Waals surface area contributed by atoms with Crippen LogP contribution in [-0.4, -0.2) is 20.2 Å². The van der Waals surface area contributed by atoms with Crippen LogP contribution in [0.2, 0.25) is 0 Å². The van der Waals surface area contributed by atoms with E-state index in [4.69, 9.17) is 0 Å². The lowest BCUT2D eigenvalue weighted by Crippen LogP contribution is -2.19. The highest BCUT2D eigenvalue weighted by Crippen LogP contribution is 2.28. The quantitative estimate of drug-likeness (QED) is 0.697. The fourth-order valence-electron chi connectivity index (χ4n) is 2.98. The zero-order valence-corrected chi connectivity index (χ0v) is 16.0. The van der Waals surface area contributed by atoms with Crippen molar-refractivity contribution < 1.29 is 4.79 Å². The number of carbonyl (C=O) groups is 1. The fourth-order valence-corrected chi connectivity index (χ4v) is 3.82. The maximum absolute atomic E-state index is 12.3. The third kappa shape index (κ3) is 3.21. The summed E-state index contributed by atoms with van der Waals surface area (Å²) in [6.45, 7) is 2.02. The van der Waals surface area contributed by atoms with Gasteiger partial charge in [0.05, 0.1) is 21.6 Å². The molecule has 1 aliphatic rings. The number of amidine groups is 1. The summed E-state index contributed by atoms with van der Waals surface area (Å²) in [5.74, 6) is -0.173. The first-order chi connectivity index (χ1) is 12.9. The van der Waals surface area contributed by atoms with Crippen LogP contribution in [0.25, 0.3) is 17.1 Å². The number of amides is 1. The van der Waals surface area contributed by atoms with Crippen molar-refractivity contribution in [2.75, 3.05) is 0 Å². The van der Waals surface area contributed by atoms with Crippen LogP contribution in [-0.2, 0) is 18.9 Å². The molecule has 1 amide bonds. The lowest BCUT2D eigenvalue weighted by Gasteiger charge is -1.99. The summed E-state index contributed by atoms with van der Waals surface area (Å²) in [4.78, 5) is 29.4. The molecule has 0 saturated carbocycles. The SMILES string of the molecule is Cc1ccc(N=C2NC(=O)/C(=C/c3ccc4c(c3)n(C)c(=O)n4C)S2)cc1. The van der Waals surface area contributed by atoms with Gasteiger partial charge < -0.3 is 5.32 Å². The molecule has 3 aromatic rings. The van der Waals surface area contributed by atoms with Gasteiger partial charge in [-0.3, -0.25) is 13.9 Å². The molecule has 0 atom stereocenters. The van der Waals surface area contributed by atoms with E-state index >= 15 is 0 Å². The minimum atomic E-state index is -0.173. The van der Waals surface area contributed by atoms with Gasteiger partial charge in [-0.25, -0.2) is 9.79 Å². The molecule has 0 radical (unpaired) electrons.